The standard InChI is InChI=1S/C15H21BrN2/c1-18(13-5-6-13)9-8-17-15-7-3-11-2-4-12(16)10-14(11)15/h2,4,10,13,15,17H,3,5-9H2,1H3. The van der Waals surface area contributed by atoms with E-state index in [9.17, 15) is 0 Å². The van der Waals surface area contributed by atoms with Gasteiger partial charge in [0, 0.05) is 29.6 Å². The Morgan fingerprint density at radius 2 is 2.17 bits per heavy atom. The van der Waals surface area contributed by atoms with Crippen molar-refractivity contribution in [1.29, 1.82) is 0 Å². The van der Waals surface area contributed by atoms with Crippen molar-refractivity contribution in [1.82, 2.24) is 10.2 Å². The normalized spacial score (nSPS) is 22.5. The van der Waals surface area contributed by atoms with E-state index in [4.69, 9.17) is 0 Å². The molecule has 0 radical (unpaired) electrons. The summed E-state index contributed by atoms with van der Waals surface area (Å²) in [5.41, 5.74) is 3.02. The van der Waals surface area contributed by atoms with Gasteiger partial charge in [0.15, 0.2) is 0 Å². The summed E-state index contributed by atoms with van der Waals surface area (Å²) in [5.74, 6) is 0. The predicted octanol–water partition coefficient (Wildman–Crippen LogP) is 3.12. The van der Waals surface area contributed by atoms with Gasteiger partial charge in [-0.15, -0.1) is 0 Å². The van der Waals surface area contributed by atoms with E-state index in [2.05, 4.69) is 51.4 Å². The minimum Gasteiger partial charge on any atom is -0.309 e. The lowest BCUT2D eigenvalue weighted by Gasteiger charge is -2.19. The van der Waals surface area contributed by atoms with Crippen LogP contribution in [0.5, 0.6) is 0 Å². The fourth-order valence-electron chi connectivity index (χ4n) is 2.90. The molecule has 1 fully saturated rings. The van der Waals surface area contributed by atoms with Crippen molar-refractivity contribution in [2.45, 2.75) is 37.8 Å². The van der Waals surface area contributed by atoms with Crippen LogP contribution in [-0.4, -0.2) is 31.1 Å². The Morgan fingerprint density at radius 3 is 2.94 bits per heavy atom. The second-order valence-corrected chi connectivity index (χ2v) is 6.52. The first-order valence-corrected chi connectivity index (χ1v) is 7.75. The van der Waals surface area contributed by atoms with Crippen LogP contribution in [0.25, 0.3) is 0 Å². The Labute approximate surface area is 118 Å². The zero-order valence-corrected chi connectivity index (χ0v) is 12.5. The van der Waals surface area contributed by atoms with E-state index >= 15 is 0 Å². The number of nitrogens with zero attached hydrogens (tertiary/aromatic N) is 1. The number of likely N-dealkylation sites (N-methyl/N-ethyl adjacent to an activating group) is 1. The average molecular weight is 309 g/mol. The third kappa shape index (κ3) is 2.79. The molecule has 0 spiro atoms. The van der Waals surface area contributed by atoms with Gasteiger partial charge in [-0.1, -0.05) is 22.0 Å². The number of rotatable bonds is 5. The second-order valence-electron chi connectivity index (χ2n) is 5.60. The number of nitrogens with one attached hydrogen (secondary N) is 1. The van der Waals surface area contributed by atoms with Crippen molar-refractivity contribution in [3.63, 3.8) is 0 Å². The molecule has 3 rings (SSSR count). The van der Waals surface area contributed by atoms with Gasteiger partial charge in [0.05, 0.1) is 0 Å². The molecule has 2 aliphatic carbocycles. The van der Waals surface area contributed by atoms with Crippen LogP contribution in [0, 0.1) is 0 Å². The largest absolute Gasteiger partial charge is 0.309 e. The number of fused-ring (bicyclic) bond motifs is 1. The van der Waals surface area contributed by atoms with Crippen molar-refractivity contribution in [2.75, 3.05) is 20.1 Å². The summed E-state index contributed by atoms with van der Waals surface area (Å²) in [5, 5.41) is 3.72. The molecule has 2 nitrogen and oxygen atoms in total. The molecular formula is C15H21BrN2. The highest BCUT2D eigenvalue weighted by molar-refractivity contribution is 9.10. The minimum atomic E-state index is 0.560. The first-order chi connectivity index (χ1) is 8.74. The topological polar surface area (TPSA) is 15.3 Å². The third-order valence-corrected chi connectivity index (χ3v) is 4.70. The second kappa shape index (κ2) is 5.32. The fourth-order valence-corrected chi connectivity index (χ4v) is 3.28. The molecular weight excluding hydrogens is 288 g/mol. The molecule has 3 heteroatoms. The highest BCUT2D eigenvalue weighted by Crippen LogP contribution is 2.33. The highest BCUT2D eigenvalue weighted by Gasteiger charge is 2.26. The van der Waals surface area contributed by atoms with Gasteiger partial charge >= 0.3 is 0 Å². The Hall–Kier alpha value is -0.380. The van der Waals surface area contributed by atoms with Gasteiger partial charge in [0.1, 0.15) is 0 Å². The molecule has 0 heterocycles. The van der Waals surface area contributed by atoms with Gasteiger partial charge in [0.25, 0.3) is 0 Å². The molecule has 1 N–H and O–H groups in total. The monoisotopic (exact) mass is 308 g/mol. The first-order valence-electron chi connectivity index (χ1n) is 6.96. The summed E-state index contributed by atoms with van der Waals surface area (Å²) in [4.78, 5) is 2.49. The van der Waals surface area contributed by atoms with Gasteiger partial charge in [-0.05, 0) is 56.0 Å². The molecule has 1 aromatic rings. The summed E-state index contributed by atoms with van der Waals surface area (Å²) in [6, 6.07) is 8.13. The minimum absolute atomic E-state index is 0.560. The molecule has 1 atom stereocenters. The molecule has 98 valence electrons. The lowest BCUT2D eigenvalue weighted by Crippen LogP contribution is -2.32. The zero-order chi connectivity index (χ0) is 12.5. The summed E-state index contributed by atoms with van der Waals surface area (Å²) < 4.78 is 1.20. The molecule has 0 amide bonds. The van der Waals surface area contributed by atoms with Crippen LogP contribution in [0.1, 0.15) is 36.4 Å². The number of benzene rings is 1. The van der Waals surface area contributed by atoms with Crippen LogP contribution in [-0.2, 0) is 6.42 Å². The first kappa shape index (κ1) is 12.6. The van der Waals surface area contributed by atoms with Crippen molar-refractivity contribution in [2.24, 2.45) is 0 Å². The fraction of sp³-hybridized carbons (Fsp3) is 0.600. The molecule has 2 aliphatic rings. The summed E-state index contributed by atoms with van der Waals surface area (Å²) in [7, 11) is 2.25. The average Bonchev–Trinajstić information content (AvgIpc) is 3.13. The number of hydrogen-bond donors (Lipinski definition) is 1. The SMILES string of the molecule is CN(CCNC1CCc2ccc(Br)cc21)C1CC1. The quantitative estimate of drug-likeness (QED) is 0.899. The van der Waals surface area contributed by atoms with Crippen molar-refractivity contribution < 1.29 is 0 Å². The van der Waals surface area contributed by atoms with E-state index in [0.29, 0.717) is 6.04 Å². The Balaban J connectivity index is 1.54. The van der Waals surface area contributed by atoms with Gasteiger partial charge in [-0.3, -0.25) is 0 Å². The maximum atomic E-state index is 3.72. The van der Waals surface area contributed by atoms with Crippen molar-refractivity contribution in [3.8, 4) is 0 Å². The Bertz CT molecular complexity index is 429. The smallest absolute Gasteiger partial charge is 0.0327 e. The maximum absolute atomic E-state index is 3.72. The van der Waals surface area contributed by atoms with E-state index in [1.807, 2.05) is 0 Å². The summed E-state index contributed by atoms with van der Waals surface area (Å²) in [6.07, 6.45) is 5.27. The summed E-state index contributed by atoms with van der Waals surface area (Å²) in [6.45, 7) is 2.27. The molecule has 0 aromatic heterocycles. The van der Waals surface area contributed by atoms with Gasteiger partial charge < -0.3 is 10.2 Å². The van der Waals surface area contributed by atoms with Crippen LogP contribution < -0.4 is 5.32 Å². The van der Waals surface area contributed by atoms with E-state index in [1.165, 1.54) is 47.8 Å². The molecule has 0 saturated heterocycles. The van der Waals surface area contributed by atoms with E-state index < -0.39 is 0 Å². The van der Waals surface area contributed by atoms with Crippen LogP contribution in [0.2, 0.25) is 0 Å². The number of hydrogen-bond acceptors (Lipinski definition) is 2. The maximum Gasteiger partial charge on any atom is 0.0327 e. The molecule has 1 aromatic carbocycles. The molecule has 1 unspecified atom stereocenters. The molecule has 1 saturated carbocycles. The lowest BCUT2D eigenvalue weighted by atomic mass is 10.1. The van der Waals surface area contributed by atoms with Gasteiger partial charge in [-0.2, -0.15) is 0 Å². The third-order valence-electron chi connectivity index (χ3n) is 4.21. The Morgan fingerprint density at radius 1 is 1.33 bits per heavy atom. The van der Waals surface area contributed by atoms with Crippen molar-refractivity contribution >= 4 is 15.9 Å². The van der Waals surface area contributed by atoms with Crippen LogP contribution in [0.4, 0.5) is 0 Å². The van der Waals surface area contributed by atoms with E-state index in [-0.39, 0.29) is 0 Å². The highest BCUT2D eigenvalue weighted by atomic mass is 79.9. The van der Waals surface area contributed by atoms with Crippen LogP contribution in [0.15, 0.2) is 22.7 Å². The Kier molecular flexibility index (Phi) is 3.73. The number of aryl methyl sites for hydroxylation is 1. The van der Waals surface area contributed by atoms with E-state index in [0.717, 1.165) is 12.6 Å². The molecule has 18 heavy (non-hydrogen) atoms. The molecule has 0 aliphatic heterocycles. The van der Waals surface area contributed by atoms with Gasteiger partial charge in [-0.25, -0.2) is 0 Å². The molecule has 0 bridgehead atoms. The van der Waals surface area contributed by atoms with Crippen LogP contribution >= 0.6 is 15.9 Å². The zero-order valence-electron chi connectivity index (χ0n) is 11.0. The van der Waals surface area contributed by atoms with Crippen molar-refractivity contribution in [3.05, 3.63) is 33.8 Å². The van der Waals surface area contributed by atoms with Gasteiger partial charge in [0.2, 0.25) is 0 Å². The summed E-state index contributed by atoms with van der Waals surface area (Å²) >= 11 is 3.58. The van der Waals surface area contributed by atoms with Crippen LogP contribution in [0.3, 0.4) is 0 Å². The van der Waals surface area contributed by atoms with E-state index in [1.54, 1.807) is 0 Å². The number of halogens is 1. The predicted molar refractivity (Wildman–Crippen MR) is 78.9 cm³/mol. The lowest BCUT2D eigenvalue weighted by molar-refractivity contribution is 0.314.